The third-order valence-corrected chi connectivity index (χ3v) is 18.5. The van der Waals surface area contributed by atoms with E-state index in [1.54, 1.807) is 21.1 Å². The van der Waals surface area contributed by atoms with Crippen LogP contribution in [0.2, 0.25) is 0 Å². The maximum Gasteiger partial charge on any atom is 0.324 e. The van der Waals surface area contributed by atoms with Crippen LogP contribution in [0.1, 0.15) is 123 Å². The topological polar surface area (TPSA) is 178 Å². The molecule has 3 aromatic heterocycles. The van der Waals surface area contributed by atoms with Crippen molar-refractivity contribution >= 4 is 57.6 Å². The molecule has 6 atom stereocenters. The van der Waals surface area contributed by atoms with Crippen molar-refractivity contribution < 1.29 is 33.4 Å². The Bertz CT molecular complexity index is 2910. The lowest BCUT2D eigenvalue weighted by Crippen LogP contribution is -2.64. The lowest BCUT2D eigenvalue weighted by Gasteiger charge is -2.47. The fraction of sp³-hybridized carbons (Fsp3) is 0.644. The van der Waals surface area contributed by atoms with Gasteiger partial charge in [-0.2, -0.15) is 0 Å². The van der Waals surface area contributed by atoms with Crippen LogP contribution in [0, 0.1) is 17.3 Å². The molecule has 1 aliphatic carbocycles. The number of methoxy groups -OCH3 is 1. The SMILES string of the molecule is CCn1c(-c2cc(N3CCN(C4CC4)CC3)cnc2[C@H](C)OC)c2c3cc(ccc31)-c1csc(n1)C[C@H](NC(=O)[C@H](C(C)C)N(C)C(=O)N1C[C@H](C)C[C@]13CCCN(C(C)=O)C3)C(=O)N1CCC[C@H](N1)C(=O)OCC(C)(C)C2. The van der Waals surface area contributed by atoms with Gasteiger partial charge in [0.2, 0.25) is 11.8 Å². The Kier molecular flexibility index (Phi) is 16.0. The number of pyridine rings is 1. The van der Waals surface area contributed by atoms with E-state index in [9.17, 15) is 24.0 Å². The number of cyclic esters (lactones) is 1. The smallest absolute Gasteiger partial charge is 0.324 e. The number of rotatable bonds is 10. The molecule has 5 amide bonds. The van der Waals surface area contributed by atoms with Gasteiger partial charge in [0.05, 0.1) is 52.2 Å². The van der Waals surface area contributed by atoms with Crippen LogP contribution in [-0.2, 0) is 48.0 Å². The highest BCUT2D eigenvalue weighted by atomic mass is 32.1. The number of hydrazine groups is 1. The number of esters is 1. The predicted octanol–water partition coefficient (Wildman–Crippen LogP) is 7.29. The van der Waals surface area contributed by atoms with E-state index in [4.69, 9.17) is 19.4 Å². The number of likely N-dealkylation sites (N-methyl/N-ethyl adjacent to an activating group) is 1. The van der Waals surface area contributed by atoms with Crippen LogP contribution in [0.4, 0.5) is 10.5 Å². The third kappa shape index (κ3) is 11.1. The molecule has 6 aliphatic rings. The van der Waals surface area contributed by atoms with Crippen molar-refractivity contribution in [3.8, 4) is 22.5 Å². The number of anilines is 1. The molecule has 18 nitrogen and oxygen atoms in total. The number of hydrogen-bond acceptors (Lipinski definition) is 13. The van der Waals surface area contributed by atoms with Crippen LogP contribution < -0.4 is 15.6 Å². The summed E-state index contributed by atoms with van der Waals surface area (Å²) in [4.78, 5) is 92.2. The number of piperidine rings is 1. The molecule has 78 heavy (non-hydrogen) atoms. The standard InChI is InChI=1S/C59H83N11O7S/c1-11-68-49-18-15-40-26-43(49)45(53(68)44-27-42(31-60-51(44)38(5)76-10)66-24-22-65(23-25-66)41-16-17-41)30-58(7,8)35-77-56(74)46-14-12-21-70(63-46)55(73)47(28-50-61-48(40)33-78-50)62-54(72)52(36(2)3)64(9)57(75)69-32-37(4)29-59(69)19-13-20-67(34-59)39(6)71/h15,18,26-27,31,33,36-38,41,46-47,52,63H,11-14,16-17,19-25,28-30,32,34-35H2,1-10H3,(H,62,72)/t37-,38+,46+,47+,52+,59+/m1/s1. The van der Waals surface area contributed by atoms with Crippen LogP contribution in [0.25, 0.3) is 33.4 Å². The molecule has 422 valence electrons. The summed E-state index contributed by atoms with van der Waals surface area (Å²) in [5.74, 6) is -1.42. The number of carbonyl (C=O) groups is 5. The first-order chi connectivity index (χ1) is 37.3. The van der Waals surface area contributed by atoms with Gasteiger partial charge in [-0.3, -0.25) is 34.1 Å². The number of aryl methyl sites for hydroxylation is 1. The van der Waals surface area contributed by atoms with E-state index in [0.29, 0.717) is 57.0 Å². The minimum Gasteiger partial charge on any atom is -0.464 e. The van der Waals surface area contributed by atoms with Crippen molar-refractivity contribution in [3.05, 3.63) is 52.1 Å². The second-order valence-electron chi connectivity index (χ2n) is 24.5. The molecule has 4 saturated heterocycles. The summed E-state index contributed by atoms with van der Waals surface area (Å²) in [7, 11) is 3.40. The van der Waals surface area contributed by atoms with Crippen LogP contribution in [-0.4, -0.2) is 172 Å². The van der Waals surface area contributed by atoms with Crippen molar-refractivity contribution in [1.29, 1.82) is 0 Å². The Hall–Kier alpha value is -5.63. The molecule has 8 heterocycles. The summed E-state index contributed by atoms with van der Waals surface area (Å²) >= 11 is 1.43. The van der Waals surface area contributed by atoms with E-state index < -0.39 is 46.9 Å². The number of likely N-dealkylation sites (tertiary alicyclic amines) is 2. The summed E-state index contributed by atoms with van der Waals surface area (Å²) in [6.45, 7) is 22.7. The van der Waals surface area contributed by atoms with Gasteiger partial charge in [0.1, 0.15) is 18.1 Å². The molecule has 1 aromatic carbocycles. The number of nitrogens with zero attached hydrogens (tertiary/aromatic N) is 9. The van der Waals surface area contributed by atoms with Crippen molar-refractivity contribution in [2.75, 3.05) is 78.0 Å². The number of aromatic nitrogens is 3. The average molecular weight is 1090 g/mol. The van der Waals surface area contributed by atoms with E-state index in [1.165, 1.54) is 34.1 Å². The number of ether oxygens (including phenoxy) is 2. The molecule has 10 rings (SSSR count). The van der Waals surface area contributed by atoms with E-state index in [2.05, 4.69) is 77.1 Å². The predicted molar refractivity (Wildman–Crippen MR) is 303 cm³/mol. The lowest BCUT2D eigenvalue weighted by molar-refractivity contribution is -0.155. The first kappa shape index (κ1) is 55.7. The van der Waals surface area contributed by atoms with E-state index in [1.807, 2.05) is 42.1 Å². The number of nitrogens with one attached hydrogen (secondary N) is 2. The number of amides is 5. The Morgan fingerprint density at radius 3 is 2.50 bits per heavy atom. The van der Waals surface area contributed by atoms with E-state index in [-0.39, 0.29) is 42.9 Å². The molecular formula is C59H83N11O7S. The average Bonchev–Trinajstić information content (AvgIpc) is 4.10. The summed E-state index contributed by atoms with van der Waals surface area (Å²) in [5, 5.41) is 8.30. The zero-order valence-electron chi connectivity index (χ0n) is 47.7. The molecule has 5 fully saturated rings. The Morgan fingerprint density at radius 1 is 1.03 bits per heavy atom. The molecule has 0 radical (unpaired) electrons. The molecule has 5 aliphatic heterocycles. The summed E-state index contributed by atoms with van der Waals surface area (Å²) < 4.78 is 14.7. The van der Waals surface area contributed by atoms with Gasteiger partial charge < -0.3 is 39.0 Å². The quantitative estimate of drug-likeness (QED) is 0.152. The van der Waals surface area contributed by atoms with Gasteiger partial charge in [0, 0.05) is 125 Å². The first-order valence-corrected chi connectivity index (χ1v) is 29.6. The fourth-order valence-electron chi connectivity index (χ4n) is 13.4. The van der Waals surface area contributed by atoms with Gasteiger partial charge >= 0.3 is 12.0 Å². The van der Waals surface area contributed by atoms with Crippen LogP contribution in [0.15, 0.2) is 35.8 Å². The maximum atomic E-state index is 14.9. The van der Waals surface area contributed by atoms with Gasteiger partial charge in [-0.05, 0) is 101 Å². The third-order valence-electron chi connectivity index (χ3n) is 17.6. The fourth-order valence-corrected chi connectivity index (χ4v) is 14.3. The van der Waals surface area contributed by atoms with Crippen molar-refractivity contribution in [2.45, 2.75) is 156 Å². The van der Waals surface area contributed by atoms with Crippen LogP contribution in [0.3, 0.4) is 0 Å². The number of benzene rings is 1. The minimum atomic E-state index is -1.09. The monoisotopic (exact) mass is 1090 g/mol. The molecular weight excluding hydrogens is 1010 g/mol. The largest absolute Gasteiger partial charge is 0.464 e. The number of thiazole rings is 1. The van der Waals surface area contributed by atoms with Gasteiger partial charge in [-0.25, -0.2) is 15.2 Å². The molecule has 4 aromatic rings. The second-order valence-corrected chi connectivity index (χ2v) is 25.4. The highest BCUT2D eigenvalue weighted by molar-refractivity contribution is 7.10. The first-order valence-electron chi connectivity index (χ1n) is 28.7. The zero-order valence-corrected chi connectivity index (χ0v) is 48.5. The molecule has 19 heteroatoms. The van der Waals surface area contributed by atoms with Crippen molar-refractivity contribution in [1.82, 2.24) is 49.9 Å². The van der Waals surface area contributed by atoms with Gasteiger partial charge in [-0.15, -0.1) is 11.3 Å². The van der Waals surface area contributed by atoms with Crippen LogP contribution >= 0.6 is 11.3 Å². The molecule has 1 saturated carbocycles. The van der Waals surface area contributed by atoms with Crippen molar-refractivity contribution in [3.63, 3.8) is 0 Å². The number of carbonyl (C=O) groups excluding carboxylic acids is 5. The summed E-state index contributed by atoms with van der Waals surface area (Å²) in [6, 6.07) is 6.47. The number of hydrogen-bond donors (Lipinski definition) is 2. The highest BCUT2D eigenvalue weighted by Gasteiger charge is 2.51. The summed E-state index contributed by atoms with van der Waals surface area (Å²) in [5.41, 5.74) is 10.0. The zero-order chi connectivity index (χ0) is 55.4. The van der Waals surface area contributed by atoms with Crippen molar-refractivity contribution in [2.24, 2.45) is 17.3 Å². The summed E-state index contributed by atoms with van der Waals surface area (Å²) in [6.07, 6.45) is 8.33. The Labute approximate surface area is 464 Å². The number of piperazine rings is 1. The molecule has 1 spiro atoms. The van der Waals surface area contributed by atoms with Gasteiger partial charge in [-0.1, -0.05) is 40.7 Å². The molecule has 0 unspecified atom stereocenters. The Balaban J connectivity index is 1.00. The van der Waals surface area contributed by atoms with Gasteiger partial charge in [0.25, 0.3) is 5.91 Å². The van der Waals surface area contributed by atoms with Gasteiger partial charge in [0.15, 0.2) is 0 Å². The highest BCUT2D eigenvalue weighted by Crippen LogP contribution is 2.44. The van der Waals surface area contributed by atoms with E-state index >= 15 is 0 Å². The number of fused-ring (bicyclic) bond motifs is 6. The molecule has 2 N–H and O–H groups in total. The molecule has 6 bridgehead atoms. The normalized spacial score (nSPS) is 25.1. The Morgan fingerprint density at radius 2 is 1.79 bits per heavy atom. The second kappa shape index (κ2) is 22.5. The van der Waals surface area contributed by atoms with Crippen LogP contribution in [0.5, 0.6) is 0 Å². The lowest BCUT2D eigenvalue weighted by atomic mass is 9.84. The maximum absolute atomic E-state index is 14.9. The minimum absolute atomic E-state index is 0.00740. The number of urea groups is 1. The van der Waals surface area contributed by atoms with E-state index in [0.717, 1.165) is 102 Å².